The predicted octanol–water partition coefficient (Wildman–Crippen LogP) is 4.18. The van der Waals surface area contributed by atoms with Crippen molar-refractivity contribution in [1.82, 2.24) is 9.80 Å². The van der Waals surface area contributed by atoms with E-state index in [0.717, 1.165) is 5.75 Å². The summed E-state index contributed by atoms with van der Waals surface area (Å²) < 4.78 is 27.0. The standard InChI is InChI=1S/C21H21F2N3O2S/c22-16-7-5-15(6-8-16)19(27)26-13-14-29-21(26)9-11-25(12-10-21)20(28)24-18-4-2-1-3-17(18)23/h1-8H,9-14H2,(H,24,28). The molecule has 2 aromatic carbocycles. The normalized spacial score (nSPS) is 18.1. The fourth-order valence-corrected chi connectivity index (χ4v) is 5.33. The van der Waals surface area contributed by atoms with Crippen molar-refractivity contribution >= 4 is 29.4 Å². The monoisotopic (exact) mass is 417 g/mol. The first-order valence-corrected chi connectivity index (χ1v) is 10.5. The maximum Gasteiger partial charge on any atom is 0.321 e. The molecule has 2 heterocycles. The molecule has 0 aromatic heterocycles. The zero-order chi connectivity index (χ0) is 20.4. The maximum absolute atomic E-state index is 13.8. The van der Waals surface area contributed by atoms with Gasteiger partial charge in [-0.25, -0.2) is 13.6 Å². The number of likely N-dealkylation sites (tertiary alicyclic amines) is 1. The van der Waals surface area contributed by atoms with Crippen LogP contribution in [-0.4, -0.2) is 52.0 Å². The van der Waals surface area contributed by atoms with E-state index >= 15 is 0 Å². The summed E-state index contributed by atoms with van der Waals surface area (Å²) >= 11 is 1.73. The Bertz CT molecular complexity index is 914. The lowest BCUT2D eigenvalue weighted by molar-refractivity contribution is 0.0585. The van der Waals surface area contributed by atoms with Gasteiger partial charge in [0, 0.05) is 31.0 Å². The van der Waals surface area contributed by atoms with Gasteiger partial charge in [-0.05, 0) is 49.2 Å². The van der Waals surface area contributed by atoms with Crippen molar-refractivity contribution in [2.45, 2.75) is 17.7 Å². The van der Waals surface area contributed by atoms with Gasteiger partial charge in [-0.1, -0.05) is 12.1 Å². The Morgan fingerprint density at radius 1 is 0.966 bits per heavy atom. The highest BCUT2D eigenvalue weighted by Gasteiger charge is 2.47. The van der Waals surface area contributed by atoms with Crippen LogP contribution in [0.1, 0.15) is 23.2 Å². The van der Waals surface area contributed by atoms with Crippen molar-refractivity contribution in [3.63, 3.8) is 0 Å². The molecular weight excluding hydrogens is 396 g/mol. The zero-order valence-electron chi connectivity index (χ0n) is 15.7. The van der Waals surface area contributed by atoms with Crippen molar-refractivity contribution in [2.75, 3.05) is 30.7 Å². The Labute approximate surface area is 172 Å². The second-order valence-electron chi connectivity index (χ2n) is 7.16. The highest BCUT2D eigenvalue weighted by Crippen LogP contribution is 2.44. The average Bonchev–Trinajstić information content (AvgIpc) is 3.13. The maximum atomic E-state index is 13.8. The van der Waals surface area contributed by atoms with Gasteiger partial charge >= 0.3 is 6.03 Å². The minimum absolute atomic E-state index is 0.112. The number of hydrogen-bond acceptors (Lipinski definition) is 3. The molecule has 2 aromatic rings. The summed E-state index contributed by atoms with van der Waals surface area (Å²) in [6, 6.07) is 11.3. The summed E-state index contributed by atoms with van der Waals surface area (Å²) in [5.41, 5.74) is 0.620. The van der Waals surface area contributed by atoms with E-state index in [1.165, 1.54) is 36.4 Å². The molecule has 152 valence electrons. The quantitative estimate of drug-likeness (QED) is 0.798. The van der Waals surface area contributed by atoms with Crippen molar-refractivity contribution in [3.8, 4) is 0 Å². The van der Waals surface area contributed by atoms with Gasteiger partial charge in [-0.2, -0.15) is 0 Å². The molecule has 2 aliphatic rings. The molecule has 29 heavy (non-hydrogen) atoms. The third kappa shape index (κ3) is 3.94. The Balaban J connectivity index is 1.42. The zero-order valence-corrected chi connectivity index (χ0v) is 16.6. The fraction of sp³-hybridized carbons (Fsp3) is 0.333. The lowest BCUT2D eigenvalue weighted by Gasteiger charge is -2.44. The summed E-state index contributed by atoms with van der Waals surface area (Å²) in [5.74, 6) is -0.133. The van der Waals surface area contributed by atoms with E-state index in [-0.39, 0.29) is 28.3 Å². The smallest absolute Gasteiger partial charge is 0.321 e. The van der Waals surface area contributed by atoms with Crippen molar-refractivity contribution in [1.29, 1.82) is 0 Å². The van der Waals surface area contributed by atoms with E-state index in [4.69, 9.17) is 0 Å². The van der Waals surface area contributed by atoms with Crippen LogP contribution in [0, 0.1) is 11.6 Å². The van der Waals surface area contributed by atoms with Gasteiger partial charge in [0.25, 0.3) is 5.91 Å². The molecule has 8 heteroatoms. The van der Waals surface area contributed by atoms with Crippen LogP contribution in [0.25, 0.3) is 0 Å². The van der Waals surface area contributed by atoms with Crippen LogP contribution in [0.5, 0.6) is 0 Å². The summed E-state index contributed by atoms with van der Waals surface area (Å²) in [7, 11) is 0. The number of thioether (sulfide) groups is 1. The van der Waals surface area contributed by atoms with Gasteiger partial charge in [0.05, 0.1) is 10.6 Å². The molecule has 2 aliphatic heterocycles. The molecule has 1 N–H and O–H groups in total. The van der Waals surface area contributed by atoms with Crippen LogP contribution in [0.15, 0.2) is 48.5 Å². The van der Waals surface area contributed by atoms with Crippen LogP contribution >= 0.6 is 11.8 Å². The van der Waals surface area contributed by atoms with E-state index in [9.17, 15) is 18.4 Å². The molecular formula is C21H21F2N3O2S. The molecule has 3 amide bonds. The van der Waals surface area contributed by atoms with Gasteiger partial charge in [0.15, 0.2) is 0 Å². The highest BCUT2D eigenvalue weighted by molar-refractivity contribution is 8.00. The number of halogens is 2. The summed E-state index contributed by atoms with van der Waals surface area (Å²) in [6.07, 6.45) is 1.27. The van der Waals surface area contributed by atoms with Crippen molar-refractivity contribution in [2.24, 2.45) is 0 Å². The average molecular weight is 417 g/mol. The first-order chi connectivity index (χ1) is 14.0. The SMILES string of the molecule is O=C(Nc1ccccc1F)N1CCC2(CC1)SCCN2C(=O)c1ccc(F)cc1. The number of nitrogens with zero attached hydrogens (tertiary/aromatic N) is 2. The van der Waals surface area contributed by atoms with Crippen LogP contribution in [0.3, 0.4) is 0 Å². The van der Waals surface area contributed by atoms with Gasteiger partial charge in [0.2, 0.25) is 0 Å². The number of anilines is 1. The molecule has 2 saturated heterocycles. The van der Waals surface area contributed by atoms with Crippen LogP contribution < -0.4 is 5.32 Å². The molecule has 0 atom stereocenters. The number of nitrogens with one attached hydrogen (secondary N) is 1. The van der Waals surface area contributed by atoms with Crippen LogP contribution in [0.4, 0.5) is 19.3 Å². The number of rotatable bonds is 2. The van der Waals surface area contributed by atoms with E-state index in [1.807, 2.05) is 4.90 Å². The third-order valence-electron chi connectivity index (χ3n) is 5.46. The number of hydrogen-bond donors (Lipinski definition) is 1. The molecule has 0 bridgehead atoms. The molecule has 0 radical (unpaired) electrons. The first kappa shape index (κ1) is 19.7. The predicted molar refractivity (Wildman–Crippen MR) is 109 cm³/mol. The molecule has 0 saturated carbocycles. The third-order valence-corrected chi connectivity index (χ3v) is 7.01. The van der Waals surface area contributed by atoms with Gasteiger partial charge in [-0.3, -0.25) is 4.79 Å². The Morgan fingerprint density at radius 3 is 2.34 bits per heavy atom. The van der Waals surface area contributed by atoms with Gasteiger partial charge in [-0.15, -0.1) is 11.8 Å². The van der Waals surface area contributed by atoms with E-state index < -0.39 is 5.82 Å². The van der Waals surface area contributed by atoms with E-state index in [2.05, 4.69) is 5.32 Å². The second-order valence-corrected chi connectivity index (χ2v) is 8.61. The highest BCUT2D eigenvalue weighted by atomic mass is 32.2. The van der Waals surface area contributed by atoms with Crippen molar-refractivity contribution < 1.29 is 18.4 Å². The lowest BCUT2D eigenvalue weighted by atomic mass is 10.0. The Kier molecular flexibility index (Phi) is 5.45. The minimum Gasteiger partial charge on any atom is -0.324 e. The summed E-state index contributed by atoms with van der Waals surface area (Å²) in [4.78, 5) is 28.6. The van der Waals surface area contributed by atoms with Crippen LogP contribution in [-0.2, 0) is 0 Å². The number of piperidine rings is 1. The Hall–Kier alpha value is -2.61. The van der Waals surface area contributed by atoms with Crippen LogP contribution in [0.2, 0.25) is 0 Å². The fourth-order valence-electron chi connectivity index (χ4n) is 3.87. The number of benzene rings is 2. The topological polar surface area (TPSA) is 52.7 Å². The molecule has 0 aliphatic carbocycles. The number of carbonyl (C=O) groups excluding carboxylic acids is 2. The molecule has 5 nitrogen and oxygen atoms in total. The number of carbonyl (C=O) groups is 2. The summed E-state index contributed by atoms with van der Waals surface area (Å²) in [6.45, 7) is 1.57. The summed E-state index contributed by atoms with van der Waals surface area (Å²) in [5, 5.41) is 2.61. The van der Waals surface area contributed by atoms with Gasteiger partial charge in [0.1, 0.15) is 11.6 Å². The number of amides is 3. The van der Waals surface area contributed by atoms with E-state index in [1.54, 1.807) is 28.8 Å². The second kappa shape index (κ2) is 8.02. The minimum atomic E-state index is -0.475. The largest absolute Gasteiger partial charge is 0.324 e. The number of urea groups is 1. The first-order valence-electron chi connectivity index (χ1n) is 9.50. The van der Waals surface area contributed by atoms with Crippen molar-refractivity contribution in [3.05, 3.63) is 65.7 Å². The van der Waals surface area contributed by atoms with E-state index in [0.29, 0.717) is 38.0 Å². The lowest BCUT2D eigenvalue weighted by Crippen LogP contribution is -2.54. The molecule has 2 fully saturated rings. The molecule has 1 spiro atoms. The van der Waals surface area contributed by atoms with Gasteiger partial charge < -0.3 is 15.1 Å². The Morgan fingerprint density at radius 2 is 1.66 bits per heavy atom. The number of para-hydroxylation sites is 1. The molecule has 0 unspecified atom stereocenters. The molecule has 4 rings (SSSR count).